The predicted molar refractivity (Wildman–Crippen MR) is 156 cm³/mol. The fourth-order valence-electron chi connectivity index (χ4n) is 4.27. The highest BCUT2D eigenvalue weighted by atomic mass is 32.2. The van der Waals surface area contributed by atoms with E-state index in [0.717, 1.165) is 30.0 Å². The maximum Gasteiger partial charge on any atom is 0.0801 e. The molecule has 0 spiro atoms. The summed E-state index contributed by atoms with van der Waals surface area (Å²) in [6.45, 7) is 11.9. The van der Waals surface area contributed by atoms with Crippen molar-refractivity contribution in [1.82, 2.24) is 0 Å². The van der Waals surface area contributed by atoms with E-state index < -0.39 is 0 Å². The fourth-order valence-corrected chi connectivity index (χ4v) is 7.19. The minimum atomic E-state index is 0.986. The summed E-state index contributed by atoms with van der Waals surface area (Å²) >= 11 is 5.61. The summed E-state index contributed by atoms with van der Waals surface area (Å²) in [4.78, 5) is 7.59. The zero-order chi connectivity index (χ0) is 23.9. The lowest BCUT2D eigenvalue weighted by atomic mass is 9.94. The van der Waals surface area contributed by atoms with Crippen LogP contribution < -0.4 is 4.90 Å². The zero-order valence-corrected chi connectivity index (χ0v) is 22.8. The third-order valence-corrected chi connectivity index (χ3v) is 9.26. The number of aryl methyl sites for hydroxylation is 1. The number of hydrogen-bond donors (Lipinski definition) is 0. The van der Waals surface area contributed by atoms with Gasteiger partial charge in [-0.15, -0.1) is 11.8 Å². The quantitative estimate of drug-likeness (QED) is 0.260. The fraction of sp³-hybridized carbons (Fsp3) is 0.267. The average Bonchev–Trinajstić information content (AvgIpc) is 3.21. The van der Waals surface area contributed by atoms with E-state index in [4.69, 9.17) is 0 Å². The monoisotopic (exact) mass is 503 g/mol. The van der Waals surface area contributed by atoms with E-state index >= 15 is 0 Å². The minimum absolute atomic E-state index is 0.986. The van der Waals surface area contributed by atoms with Crippen LogP contribution >= 0.6 is 35.3 Å². The SMILES string of the molecule is C=C(/C=C/C1=C(SCC)C(=C/C=C2\Sc3ccccc3N2CC)/CCC1)Sc1ccccc1C. The van der Waals surface area contributed by atoms with Gasteiger partial charge in [0.25, 0.3) is 0 Å². The molecule has 0 N–H and O–H groups in total. The molecule has 0 bridgehead atoms. The van der Waals surface area contributed by atoms with Crippen molar-refractivity contribution in [2.24, 2.45) is 0 Å². The van der Waals surface area contributed by atoms with Crippen molar-refractivity contribution in [1.29, 1.82) is 0 Å². The van der Waals surface area contributed by atoms with Gasteiger partial charge in [0.2, 0.25) is 0 Å². The maximum atomic E-state index is 4.31. The number of thioether (sulfide) groups is 3. The molecule has 34 heavy (non-hydrogen) atoms. The molecule has 4 rings (SSSR count). The van der Waals surface area contributed by atoms with Gasteiger partial charge in [-0.25, -0.2) is 0 Å². The van der Waals surface area contributed by atoms with Gasteiger partial charge in [0.05, 0.1) is 10.7 Å². The first-order chi connectivity index (χ1) is 16.6. The molecular formula is C30H33NS3. The van der Waals surface area contributed by atoms with E-state index in [1.807, 2.05) is 23.5 Å². The molecule has 4 heteroatoms. The van der Waals surface area contributed by atoms with Gasteiger partial charge in [-0.05, 0) is 85.9 Å². The van der Waals surface area contributed by atoms with E-state index in [0.29, 0.717) is 0 Å². The number of hydrogen-bond acceptors (Lipinski definition) is 4. The number of nitrogens with zero attached hydrogens (tertiary/aromatic N) is 1. The van der Waals surface area contributed by atoms with Crippen molar-refractivity contribution in [2.45, 2.75) is 49.8 Å². The van der Waals surface area contributed by atoms with Gasteiger partial charge in [-0.3, -0.25) is 0 Å². The number of allylic oxidation sites excluding steroid dienone is 6. The molecule has 0 saturated heterocycles. The molecule has 0 fully saturated rings. The number of anilines is 1. The van der Waals surface area contributed by atoms with Crippen LogP contribution in [-0.2, 0) is 0 Å². The highest BCUT2D eigenvalue weighted by Gasteiger charge is 2.23. The van der Waals surface area contributed by atoms with Crippen LogP contribution in [0.15, 0.2) is 115 Å². The molecule has 176 valence electrons. The predicted octanol–water partition coefficient (Wildman–Crippen LogP) is 9.75. The number of benzene rings is 2. The Kier molecular flexibility index (Phi) is 8.93. The summed E-state index contributed by atoms with van der Waals surface area (Å²) in [7, 11) is 0. The summed E-state index contributed by atoms with van der Waals surface area (Å²) in [5.74, 6) is 1.08. The van der Waals surface area contributed by atoms with Gasteiger partial charge in [0, 0.05) is 26.1 Å². The first kappa shape index (κ1) is 25.1. The Labute approximate surface area is 218 Å². The Morgan fingerprint density at radius 2 is 1.85 bits per heavy atom. The largest absolute Gasteiger partial charge is 0.335 e. The normalized spacial score (nSPS) is 18.4. The number of para-hydroxylation sites is 1. The molecule has 0 radical (unpaired) electrons. The van der Waals surface area contributed by atoms with Crippen LogP contribution in [0.5, 0.6) is 0 Å². The zero-order valence-electron chi connectivity index (χ0n) is 20.3. The number of rotatable bonds is 8. The standard InChI is InChI=1S/C30H33NS3/c1-5-31-26-15-8-10-17-28(26)34-29(31)21-20-25-14-11-13-24(30(25)32-6-2)19-18-23(4)33-27-16-9-7-12-22(27)3/h7-10,12,15-21H,4-6,11,13-14H2,1-3H3/b19-18+,25-20+,29-21-. The molecule has 2 aromatic rings. The Bertz CT molecular complexity index is 1170. The third kappa shape index (κ3) is 5.97. The summed E-state index contributed by atoms with van der Waals surface area (Å²) in [6, 6.07) is 17.2. The molecule has 2 aliphatic rings. The van der Waals surface area contributed by atoms with Gasteiger partial charge in [0.1, 0.15) is 0 Å². The van der Waals surface area contributed by atoms with E-state index in [-0.39, 0.29) is 0 Å². The van der Waals surface area contributed by atoms with Crippen molar-refractivity contribution in [3.8, 4) is 0 Å². The first-order valence-corrected chi connectivity index (χ1v) is 14.6. The summed E-state index contributed by atoms with van der Waals surface area (Å²) in [5, 5.41) is 1.32. The van der Waals surface area contributed by atoms with Crippen LogP contribution in [0.2, 0.25) is 0 Å². The van der Waals surface area contributed by atoms with Crippen LogP contribution in [0.3, 0.4) is 0 Å². The maximum absolute atomic E-state index is 4.31. The van der Waals surface area contributed by atoms with E-state index in [2.05, 4.69) is 105 Å². The molecule has 2 aromatic carbocycles. The topological polar surface area (TPSA) is 3.24 Å². The second kappa shape index (κ2) is 12.1. The average molecular weight is 504 g/mol. The summed E-state index contributed by atoms with van der Waals surface area (Å²) in [5.41, 5.74) is 5.54. The van der Waals surface area contributed by atoms with Crippen LogP contribution in [0.1, 0.15) is 38.7 Å². The Hall–Kier alpha value is -2.01. The molecule has 0 amide bonds. The van der Waals surface area contributed by atoms with Crippen molar-refractivity contribution >= 4 is 41.0 Å². The highest BCUT2D eigenvalue weighted by Crippen LogP contribution is 2.46. The lowest BCUT2D eigenvalue weighted by Crippen LogP contribution is -2.16. The van der Waals surface area contributed by atoms with Crippen molar-refractivity contribution in [3.05, 3.63) is 111 Å². The molecule has 1 aliphatic heterocycles. The summed E-state index contributed by atoms with van der Waals surface area (Å²) in [6.07, 6.45) is 12.7. The second-order valence-electron chi connectivity index (χ2n) is 8.32. The van der Waals surface area contributed by atoms with Crippen LogP contribution in [0.25, 0.3) is 0 Å². The first-order valence-electron chi connectivity index (χ1n) is 12.0. The Morgan fingerprint density at radius 3 is 2.65 bits per heavy atom. The number of fused-ring (bicyclic) bond motifs is 1. The third-order valence-electron chi connectivity index (χ3n) is 5.95. The molecule has 1 aliphatic carbocycles. The molecule has 0 aromatic heterocycles. The Balaban J connectivity index is 1.56. The van der Waals surface area contributed by atoms with E-state index in [1.54, 1.807) is 11.8 Å². The minimum Gasteiger partial charge on any atom is -0.335 e. The van der Waals surface area contributed by atoms with E-state index in [1.165, 1.54) is 48.5 Å². The van der Waals surface area contributed by atoms with Crippen LogP contribution in [0, 0.1) is 6.92 Å². The smallest absolute Gasteiger partial charge is 0.0801 e. The van der Waals surface area contributed by atoms with Crippen molar-refractivity contribution in [3.63, 3.8) is 0 Å². The molecular weight excluding hydrogens is 471 g/mol. The van der Waals surface area contributed by atoms with E-state index in [9.17, 15) is 0 Å². The van der Waals surface area contributed by atoms with Gasteiger partial charge in [-0.2, -0.15) is 0 Å². The molecule has 1 nitrogen and oxygen atoms in total. The second-order valence-corrected chi connectivity index (χ2v) is 11.8. The van der Waals surface area contributed by atoms with Gasteiger partial charge in [-0.1, -0.05) is 79.5 Å². The van der Waals surface area contributed by atoms with Crippen LogP contribution in [0.4, 0.5) is 5.69 Å². The summed E-state index contributed by atoms with van der Waals surface area (Å²) < 4.78 is 0. The van der Waals surface area contributed by atoms with Crippen molar-refractivity contribution in [2.75, 3.05) is 17.2 Å². The molecule has 0 saturated carbocycles. The molecule has 0 atom stereocenters. The van der Waals surface area contributed by atoms with Crippen LogP contribution in [-0.4, -0.2) is 12.3 Å². The molecule has 1 heterocycles. The Morgan fingerprint density at radius 1 is 1.06 bits per heavy atom. The van der Waals surface area contributed by atoms with Gasteiger partial charge < -0.3 is 4.90 Å². The lowest BCUT2D eigenvalue weighted by molar-refractivity contribution is 0.793. The van der Waals surface area contributed by atoms with Gasteiger partial charge in [0.15, 0.2) is 0 Å². The van der Waals surface area contributed by atoms with Gasteiger partial charge >= 0.3 is 0 Å². The lowest BCUT2D eigenvalue weighted by Gasteiger charge is -2.21. The molecule has 0 unspecified atom stereocenters. The highest BCUT2D eigenvalue weighted by molar-refractivity contribution is 8.04. The van der Waals surface area contributed by atoms with Crippen molar-refractivity contribution < 1.29 is 0 Å².